The molecule has 0 radical (unpaired) electrons. The minimum absolute atomic E-state index is 0.00721. The Morgan fingerprint density at radius 2 is 2.16 bits per heavy atom. The van der Waals surface area contributed by atoms with Gasteiger partial charge in [0.2, 0.25) is 5.91 Å². The van der Waals surface area contributed by atoms with Gasteiger partial charge in [-0.2, -0.15) is 0 Å². The van der Waals surface area contributed by atoms with Crippen molar-refractivity contribution in [3.05, 3.63) is 17.0 Å². The molecule has 102 valence electrons. The van der Waals surface area contributed by atoms with Crippen molar-refractivity contribution in [3.63, 3.8) is 0 Å². The fourth-order valence-corrected chi connectivity index (χ4v) is 1.75. The number of carbonyl (C=O) groups excluding carboxylic acids is 1. The van der Waals surface area contributed by atoms with Crippen molar-refractivity contribution in [1.82, 2.24) is 10.1 Å². The molecule has 0 aliphatic carbocycles. The van der Waals surface area contributed by atoms with E-state index >= 15 is 0 Å². The van der Waals surface area contributed by atoms with Gasteiger partial charge < -0.3 is 14.5 Å². The Kier molecular flexibility index (Phi) is 5.12. The summed E-state index contributed by atoms with van der Waals surface area (Å²) in [5, 5.41) is 12.5. The van der Waals surface area contributed by atoms with E-state index in [9.17, 15) is 9.59 Å². The molecule has 0 aliphatic heterocycles. The number of aliphatic carboxylic acids is 1. The Bertz CT molecular complexity index is 494. The topological polar surface area (TPSA) is 83.6 Å². The monoisotopic (exact) mass is 264 g/mol. The second-order valence-electron chi connectivity index (χ2n) is 4.15. The van der Waals surface area contributed by atoms with Gasteiger partial charge >= 0.3 is 5.97 Å². The highest BCUT2D eigenvalue weighted by Gasteiger charge is 2.17. The van der Waals surface area contributed by atoms with Crippen LogP contribution in [-0.4, -0.2) is 40.1 Å². The third-order valence-corrected chi connectivity index (χ3v) is 2.73. The first kappa shape index (κ1) is 14.8. The summed E-state index contributed by atoms with van der Waals surface area (Å²) in [4.78, 5) is 23.7. The average molecular weight is 264 g/mol. The predicted molar refractivity (Wildman–Crippen MR) is 67.3 cm³/mol. The molecule has 1 amide bonds. The highest BCUT2D eigenvalue weighted by atomic mass is 16.5. The molecule has 1 aromatic rings. The quantitative estimate of drug-likeness (QED) is 0.767. The summed E-state index contributed by atoms with van der Waals surface area (Å²) in [6.45, 7) is 3.18. The van der Waals surface area contributed by atoms with Gasteiger partial charge in [0.15, 0.2) is 0 Å². The van der Waals surface area contributed by atoms with Crippen LogP contribution in [0, 0.1) is 26.2 Å². The molecule has 0 atom stereocenters. The molecule has 0 saturated heterocycles. The van der Waals surface area contributed by atoms with E-state index in [4.69, 9.17) is 16.1 Å². The van der Waals surface area contributed by atoms with Crippen LogP contribution in [0.15, 0.2) is 4.52 Å². The first-order valence-electron chi connectivity index (χ1n) is 5.80. The molecule has 6 heteroatoms. The number of carbonyl (C=O) groups is 2. The summed E-state index contributed by atoms with van der Waals surface area (Å²) >= 11 is 0. The molecular formula is C13H16N2O4. The molecule has 1 aromatic heterocycles. The number of amides is 1. The lowest BCUT2D eigenvalue weighted by Gasteiger charge is -2.17. The Labute approximate surface area is 111 Å². The summed E-state index contributed by atoms with van der Waals surface area (Å²) in [5.74, 6) is 1.58. The average Bonchev–Trinajstić information content (AvgIpc) is 2.65. The Hall–Kier alpha value is -2.29. The van der Waals surface area contributed by atoms with Gasteiger partial charge in [-0.15, -0.1) is 6.42 Å². The lowest BCUT2D eigenvalue weighted by Crippen LogP contribution is -2.36. The number of nitrogens with zero attached hydrogens (tertiary/aromatic N) is 2. The first-order chi connectivity index (χ1) is 8.95. The highest BCUT2D eigenvalue weighted by molar-refractivity contribution is 5.81. The predicted octanol–water partition coefficient (Wildman–Crippen LogP) is 0.770. The van der Waals surface area contributed by atoms with E-state index in [1.54, 1.807) is 13.8 Å². The number of terminal acetylenes is 1. The molecule has 0 bridgehead atoms. The molecule has 0 unspecified atom stereocenters. The number of hydrogen-bond acceptors (Lipinski definition) is 4. The number of aryl methyl sites for hydroxylation is 2. The van der Waals surface area contributed by atoms with Crippen molar-refractivity contribution < 1.29 is 19.2 Å². The van der Waals surface area contributed by atoms with Crippen LogP contribution in [0.2, 0.25) is 0 Å². The first-order valence-corrected chi connectivity index (χ1v) is 5.80. The molecule has 0 spiro atoms. The Balaban J connectivity index is 2.62. The zero-order valence-electron chi connectivity index (χ0n) is 11.0. The minimum atomic E-state index is -1.08. The Morgan fingerprint density at radius 1 is 1.47 bits per heavy atom. The summed E-state index contributed by atoms with van der Waals surface area (Å²) in [7, 11) is 0. The number of hydrogen-bond donors (Lipinski definition) is 1. The molecule has 6 nitrogen and oxygen atoms in total. The summed E-state index contributed by atoms with van der Waals surface area (Å²) in [6, 6.07) is 0. The van der Waals surface area contributed by atoms with E-state index < -0.39 is 5.97 Å². The molecule has 1 rings (SSSR count). The van der Waals surface area contributed by atoms with Crippen LogP contribution in [-0.2, 0) is 16.0 Å². The van der Waals surface area contributed by atoms with E-state index in [2.05, 4.69) is 11.1 Å². The third-order valence-electron chi connectivity index (χ3n) is 2.73. The van der Waals surface area contributed by atoms with Crippen molar-refractivity contribution in [2.75, 3.05) is 13.1 Å². The number of carboxylic acid groups (broad SMARTS) is 1. The van der Waals surface area contributed by atoms with Gasteiger partial charge in [0.25, 0.3) is 0 Å². The van der Waals surface area contributed by atoms with E-state index in [0.717, 1.165) is 16.2 Å². The minimum Gasteiger partial charge on any atom is -0.480 e. The second kappa shape index (κ2) is 6.59. The normalized spacial score (nSPS) is 9.95. The molecule has 0 aliphatic rings. The summed E-state index contributed by atoms with van der Waals surface area (Å²) in [5.41, 5.74) is 1.62. The lowest BCUT2D eigenvalue weighted by atomic mass is 10.1. The fraction of sp³-hybridized carbons (Fsp3) is 0.462. The lowest BCUT2D eigenvalue weighted by molar-refractivity contribution is -0.144. The van der Waals surface area contributed by atoms with E-state index in [1.807, 2.05) is 0 Å². The van der Waals surface area contributed by atoms with Crippen LogP contribution in [0.5, 0.6) is 0 Å². The van der Waals surface area contributed by atoms with E-state index in [0.29, 0.717) is 12.2 Å². The standard InChI is InChI=1S/C13H16N2O4/c1-4-7-15(8-13(17)18)12(16)6-5-11-9(2)14-19-10(11)3/h1H,5-8H2,2-3H3,(H,17,18). The van der Waals surface area contributed by atoms with Gasteiger partial charge in [-0.25, -0.2) is 0 Å². The molecular weight excluding hydrogens is 248 g/mol. The highest BCUT2D eigenvalue weighted by Crippen LogP contribution is 2.14. The number of rotatable bonds is 6. The van der Waals surface area contributed by atoms with Gasteiger partial charge in [0, 0.05) is 12.0 Å². The maximum Gasteiger partial charge on any atom is 0.323 e. The largest absolute Gasteiger partial charge is 0.480 e. The van der Waals surface area contributed by atoms with Crippen LogP contribution in [0.3, 0.4) is 0 Å². The van der Waals surface area contributed by atoms with Crippen molar-refractivity contribution in [1.29, 1.82) is 0 Å². The molecule has 19 heavy (non-hydrogen) atoms. The molecule has 0 aromatic carbocycles. The van der Waals surface area contributed by atoms with Crippen LogP contribution >= 0.6 is 0 Å². The van der Waals surface area contributed by atoms with Gasteiger partial charge in [0.1, 0.15) is 12.3 Å². The van der Waals surface area contributed by atoms with Crippen LogP contribution in [0.4, 0.5) is 0 Å². The zero-order chi connectivity index (χ0) is 14.4. The maximum absolute atomic E-state index is 11.9. The Morgan fingerprint density at radius 3 is 2.63 bits per heavy atom. The van der Waals surface area contributed by atoms with Crippen molar-refractivity contribution >= 4 is 11.9 Å². The van der Waals surface area contributed by atoms with Gasteiger partial charge in [-0.3, -0.25) is 9.59 Å². The van der Waals surface area contributed by atoms with Gasteiger partial charge in [-0.05, 0) is 20.3 Å². The summed E-state index contributed by atoms with van der Waals surface area (Å²) < 4.78 is 5.00. The van der Waals surface area contributed by atoms with Crippen LogP contribution in [0.1, 0.15) is 23.4 Å². The van der Waals surface area contributed by atoms with Crippen molar-refractivity contribution in [3.8, 4) is 12.3 Å². The summed E-state index contributed by atoms with van der Waals surface area (Å²) in [6.07, 6.45) is 5.76. The van der Waals surface area contributed by atoms with Crippen LogP contribution < -0.4 is 0 Å². The molecule has 0 saturated carbocycles. The second-order valence-corrected chi connectivity index (χ2v) is 4.15. The van der Waals surface area contributed by atoms with Gasteiger partial charge in [-0.1, -0.05) is 11.1 Å². The van der Waals surface area contributed by atoms with Crippen LogP contribution in [0.25, 0.3) is 0 Å². The number of aromatic nitrogens is 1. The molecule has 1 N–H and O–H groups in total. The van der Waals surface area contributed by atoms with Crippen molar-refractivity contribution in [2.24, 2.45) is 0 Å². The van der Waals surface area contributed by atoms with E-state index in [1.165, 1.54) is 0 Å². The number of carboxylic acids is 1. The van der Waals surface area contributed by atoms with E-state index in [-0.39, 0.29) is 25.4 Å². The SMILES string of the molecule is C#CCN(CC(=O)O)C(=O)CCc1c(C)noc1C. The maximum atomic E-state index is 11.9. The smallest absolute Gasteiger partial charge is 0.323 e. The third kappa shape index (κ3) is 4.14. The zero-order valence-corrected chi connectivity index (χ0v) is 11.0. The van der Waals surface area contributed by atoms with Crippen molar-refractivity contribution in [2.45, 2.75) is 26.7 Å². The molecule has 1 heterocycles. The fourth-order valence-electron chi connectivity index (χ4n) is 1.75. The molecule has 0 fully saturated rings. The van der Waals surface area contributed by atoms with Gasteiger partial charge in [0.05, 0.1) is 12.2 Å².